The number of hydrogen-bond acceptors (Lipinski definition) is 5. The molecule has 0 unspecified atom stereocenters. The molecule has 1 fully saturated rings. The Hall–Kier alpha value is -2.93. The highest BCUT2D eigenvalue weighted by Gasteiger charge is 2.31. The number of hydrogen-bond donors (Lipinski definition) is 0. The maximum absolute atomic E-state index is 12.9. The summed E-state index contributed by atoms with van der Waals surface area (Å²) >= 11 is 0. The molecule has 2 aliphatic heterocycles. The smallest absolute Gasteiger partial charge is 0.269 e. The summed E-state index contributed by atoms with van der Waals surface area (Å²) in [7, 11) is 0. The summed E-state index contributed by atoms with van der Waals surface area (Å²) in [6, 6.07) is 15.0. The van der Waals surface area contributed by atoms with Gasteiger partial charge in [-0.15, -0.1) is 0 Å². The molecule has 2 aromatic carbocycles. The minimum absolute atomic E-state index is 0.105. The molecule has 2 heterocycles. The Balaban J connectivity index is 1.34. The van der Waals surface area contributed by atoms with Crippen LogP contribution in [-0.2, 0) is 11.2 Å². The first-order valence-corrected chi connectivity index (χ1v) is 9.64. The fraction of sp³-hybridized carbons (Fsp3) is 0.381. The molecule has 7 heteroatoms. The van der Waals surface area contributed by atoms with Gasteiger partial charge in [-0.3, -0.25) is 19.8 Å². The van der Waals surface area contributed by atoms with E-state index in [2.05, 4.69) is 22.8 Å². The Labute approximate surface area is 164 Å². The Morgan fingerprint density at radius 1 is 1.07 bits per heavy atom. The first-order valence-electron chi connectivity index (χ1n) is 9.64. The molecule has 1 amide bonds. The topological polar surface area (TPSA) is 69.9 Å². The number of piperazine rings is 1. The molecule has 0 N–H and O–H groups in total. The van der Waals surface area contributed by atoms with Gasteiger partial charge in [0.1, 0.15) is 0 Å². The second kappa shape index (κ2) is 7.59. The van der Waals surface area contributed by atoms with Gasteiger partial charge in [-0.1, -0.05) is 18.2 Å². The van der Waals surface area contributed by atoms with Crippen molar-refractivity contribution in [3.63, 3.8) is 0 Å². The molecule has 0 aromatic heterocycles. The number of nitro benzene ring substituents is 1. The van der Waals surface area contributed by atoms with Crippen LogP contribution < -0.4 is 9.80 Å². The number of nitrogens with zero attached hydrogens (tertiary/aromatic N) is 4. The van der Waals surface area contributed by atoms with Crippen molar-refractivity contribution in [1.82, 2.24) is 4.90 Å². The number of fused-ring (bicyclic) bond motifs is 1. The first-order chi connectivity index (χ1) is 13.5. The largest absolute Gasteiger partial charge is 0.369 e. The summed E-state index contributed by atoms with van der Waals surface area (Å²) in [5.74, 6) is 0.154. The zero-order valence-corrected chi connectivity index (χ0v) is 16.0. The number of non-ortho nitro benzene ring substituents is 1. The molecule has 4 rings (SSSR count). The average molecular weight is 380 g/mol. The number of carbonyl (C=O) groups is 1. The molecule has 0 radical (unpaired) electrons. The third-order valence-electron chi connectivity index (χ3n) is 5.63. The van der Waals surface area contributed by atoms with Crippen LogP contribution in [0.3, 0.4) is 0 Å². The monoisotopic (exact) mass is 380 g/mol. The van der Waals surface area contributed by atoms with Crippen molar-refractivity contribution in [3.05, 3.63) is 64.2 Å². The van der Waals surface area contributed by atoms with Gasteiger partial charge in [-0.25, -0.2) is 0 Å². The number of nitro groups is 1. The molecule has 2 aromatic rings. The highest BCUT2D eigenvalue weighted by atomic mass is 16.6. The zero-order valence-electron chi connectivity index (χ0n) is 16.0. The van der Waals surface area contributed by atoms with Crippen LogP contribution in [0.4, 0.5) is 17.1 Å². The fourth-order valence-electron chi connectivity index (χ4n) is 4.16. The number of carbonyl (C=O) groups excluding carboxylic acids is 1. The third-order valence-corrected chi connectivity index (χ3v) is 5.63. The third kappa shape index (κ3) is 3.57. The van der Waals surface area contributed by atoms with Gasteiger partial charge in [0.25, 0.3) is 5.69 Å². The standard InChI is InChI=1S/C21H24N4O3/c1-16-14-17-4-2-3-5-20(17)24(16)21(26)15-22-10-12-23(13-11-22)18-6-8-19(9-7-18)25(27)28/h2-9,16H,10-15H2,1H3/t16-/m1/s1. The molecule has 0 saturated carbocycles. The van der Waals surface area contributed by atoms with Crippen molar-refractivity contribution < 1.29 is 9.72 Å². The Kier molecular flexibility index (Phi) is 5.00. The summed E-state index contributed by atoms with van der Waals surface area (Å²) < 4.78 is 0. The number of para-hydroxylation sites is 1. The number of anilines is 2. The van der Waals surface area contributed by atoms with Crippen molar-refractivity contribution in [3.8, 4) is 0 Å². The maximum Gasteiger partial charge on any atom is 0.269 e. The van der Waals surface area contributed by atoms with Crippen LogP contribution in [0.1, 0.15) is 12.5 Å². The van der Waals surface area contributed by atoms with Crippen molar-refractivity contribution in [2.75, 3.05) is 42.5 Å². The second-order valence-corrected chi connectivity index (χ2v) is 7.48. The lowest BCUT2D eigenvalue weighted by Gasteiger charge is -2.36. The van der Waals surface area contributed by atoms with E-state index in [1.54, 1.807) is 12.1 Å². The van der Waals surface area contributed by atoms with Crippen molar-refractivity contribution >= 4 is 23.0 Å². The Morgan fingerprint density at radius 3 is 2.43 bits per heavy atom. The summed E-state index contributed by atoms with van der Waals surface area (Å²) in [4.78, 5) is 29.7. The van der Waals surface area contributed by atoms with E-state index in [4.69, 9.17) is 0 Å². The van der Waals surface area contributed by atoms with Crippen molar-refractivity contribution in [1.29, 1.82) is 0 Å². The molecule has 0 aliphatic carbocycles. The zero-order chi connectivity index (χ0) is 19.7. The molecule has 0 bridgehead atoms. The first kappa shape index (κ1) is 18.4. The highest BCUT2D eigenvalue weighted by Crippen LogP contribution is 2.32. The quantitative estimate of drug-likeness (QED) is 0.603. The van der Waals surface area contributed by atoms with Crippen LogP contribution in [0.15, 0.2) is 48.5 Å². The van der Waals surface area contributed by atoms with Crippen LogP contribution in [-0.4, -0.2) is 54.5 Å². The molecule has 1 atom stereocenters. The predicted molar refractivity (Wildman–Crippen MR) is 109 cm³/mol. The van der Waals surface area contributed by atoms with Crippen LogP contribution >= 0.6 is 0 Å². The predicted octanol–water partition coefficient (Wildman–Crippen LogP) is 2.69. The number of rotatable bonds is 4. The fourth-order valence-corrected chi connectivity index (χ4v) is 4.16. The summed E-state index contributed by atoms with van der Waals surface area (Å²) in [5.41, 5.74) is 3.38. The van der Waals surface area contributed by atoms with E-state index in [9.17, 15) is 14.9 Å². The molecule has 2 aliphatic rings. The lowest BCUT2D eigenvalue weighted by atomic mass is 10.1. The molecular weight excluding hydrogens is 356 g/mol. The van der Waals surface area contributed by atoms with Crippen LogP contribution in [0.25, 0.3) is 0 Å². The number of amides is 1. The minimum atomic E-state index is -0.384. The van der Waals surface area contributed by atoms with Crippen molar-refractivity contribution in [2.24, 2.45) is 0 Å². The number of benzene rings is 2. The van der Waals surface area contributed by atoms with Gasteiger partial charge in [-0.05, 0) is 37.1 Å². The van der Waals surface area contributed by atoms with E-state index in [1.165, 1.54) is 17.7 Å². The van der Waals surface area contributed by atoms with E-state index < -0.39 is 0 Å². The van der Waals surface area contributed by atoms with Gasteiger partial charge in [0.15, 0.2) is 0 Å². The lowest BCUT2D eigenvalue weighted by molar-refractivity contribution is -0.384. The lowest BCUT2D eigenvalue weighted by Crippen LogP contribution is -2.51. The van der Waals surface area contributed by atoms with Crippen LogP contribution in [0, 0.1) is 10.1 Å². The Morgan fingerprint density at radius 2 is 1.75 bits per heavy atom. The van der Waals surface area contributed by atoms with Crippen LogP contribution in [0.2, 0.25) is 0 Å². The van der Waals surface area contributed by atoms with E-state index in [1.807, 2.05) is 23.1 Å². The second-order valence-electron chi connectivity index (χ2n) is 7.48. The minimum Gasteiger partial charge on any atom is -0.369 e. The van der Waals surface area contributed by atoms with E-state index in [0.29, 0.717) is 6.54 Å². The van der Waals surface area contributed by atoms with Gasteiger partial charge in [0, 0.05) is 55.7 Å². The van der Waals surface area contributed by atoms with Gasteiger partial charge in [0.2, 0.25) is 5.91 Å². The highest BCUT2D eigenvalue weighted by molar-refractivity contribution is 5.97. The summed E-state index contributed by atoms with van der Waals surface area (Å²) in [6.45, 7) is 5.73. The SMILES string of the molecule is C[C@@H]1Cc2ccccc2N1C(=O)CN1CCN(c2ccc([N+](=O)[O-])cc2)CC1. The molecule has 28 heavy (non-hydrogen) atoms. The molecule has 0 spiro atoms. The summed E-state index contributed by atoms with van der Waals surface area (Å²) in [6.07, 6.45) is 0.913. The molecule has 146 valence electrons. The Bertz CT molecular complexity index is 875. The average Bonchev–Trinajstić information content (AvgIpc) is 3.04. The molecule has 7 nitrogen and oxygen atoms in total. The van der Waals surface area contributed by atoms with Crippen LogP contribution in [0.5, 0.6) is 0 Å². The molecule has 1 saturated heterocycles. The summed E-state index contributed by atoms with van der Waals surface area (Å²) in [5, 5.41) is 10.8. The maximum atomic E-state index is 12.9. The molecular formula is C21H24N4O3. The van der Waals surface area contributed by atoms with Crippen molar-refractivity contribution in [2.45, 2.75) is 19.4 Å². The normalized spacial score (nSPS) is 19.5. The van der Waals surface area contributed by atoms with E-state index in [0.717, 1.165) is 44.0 Å². The van der Waals surface area contributed by atoms with E-state index in [-0.39, 0.29) is 22.6 Å². The van der Waals surface area contributed by atoms with Gasteiger partial charge < -0.3 is 9.80 Å². The van der Waals surface area contributed by atoms with Gasteiger partial charge >= 0.3 is 0 Å². The van der Waals surface area contributed by atoms with Gasteiger partial charge in [-0.2, -0.15) is 0 Å². The van der Waals surface area contributed by atoms with Gasteiger partial charge in [0.05, 0.1) is 11.5 Å². The van der Waals surface area contributed by atoms with E-state index >= 15 is 0 Å².